The smallest absolute Gasteiger partial charge is 0.382 e. The number of aromatic nitrogens is 10. The Morgan fingerprint density at radius 3 is 2.67 bits per heavy atom. The summed E-state index contributed by atoms with van der Waals surface area (Å²) in [5, 5.41) is 7.68. The van der Waals surface area contributed by atoms with Crippen molar-refractivity contribution in [2.24, 2.45) is 17.8 Å². The van der Waals surface area contributed by atoms with E-state index in [9.17, 15) is 18.8 Å². The van der Waals surface area contributed by atoms with E-state index in [-0.39, 0.29) is 42.3 Å². The molecule has 0 bridgehead atoms. The molecule has 0 radical (unpaired) electrons. The number of phosphoric ester groups is 1. The van der Waals surface area contributed by atoms with Crippen LogP contribution in [0.3, 0.4) is 0 Å². The van der Waals surface area contributed by atoms with E-state index in [2.05, 4.69) is 47.4 Å². The fourth-order valence-corrected chi connectivity index (χ4v) is 8.81. The average Bonchev–Trinajstić information content (AvgIpc) is 3.79. The first-order valence-corrected chi connectivity index (χ1v) is 18.3. The minimum atomic E-state index is -4.62. The van der Waals surface area contributed by atoms with E-state index < -0.39 is 57.1 Å². The summed E-state index contributed by atoms with van der Waals surface area (Å²) in [6.07, 6.45) is 3.33. The highest BCUT2D eigenvalue weighted by Crippen LogP contribution is 2.59. The first-order valence-electron chi connectivity index (χ1n) is 14.1. The van der Waals surface area contributed by atoms with Gasteiger partial charge >= 0.3 is 14.6 Å². The number of rotatable bonds is 2. The van der Waals surface area contributed by atoms with E-state index in [1.165, 1.54) is 29.7 Å². The van der Waals surface area contributed by atoms with Crippen molar-refractivity contribution in [1.29, 1.82) is 0 Å². The third kappa shape index (κ3) is 4.97. The van der Waals surface area contributed by atoms with Crippen molar-refractivity contribution in [3.8, 4) is 0 Å². The van der Waals surface area contributed by atoms with E-state index in [1.54, 1.807) is 16.1 Å². The summed E-state index contributed by atoms with van der Waals surface area (Å²) in [6.45, 7) is -2.94. The molecule has 0 spiro atoms. The quantitative estimate of drug-likeness (QED) is 0.151. The lowest BCUT2D eigenvalue weighted by Crippen LogP contribution is -2.43. The first-order chi connectivity index (χ1) is 22.0. The molecule has 46 heavy (non-hydrogen) atoms. The maximum atomic E-state index is 13.6. The van der Waals surface area contributed by atoms with Crippen LogP contribution in [0, 0.1) is 17.8 Å². The third-order valence-electron chi connectivity index (χ3n) is 8.84. The maximum Gasteiger partial charge on any atom is 0.472 e. The van der Waals surface area contributed by atoms with Crippen LogP contribution in [0.15, 0.2) is 30.1 Å². The van der Waals surface area contributed by atoms with Crippen molar-refractivity contribution >= 4 is 60.8 Å². The molecule has 3 aliphatic rings. The molecular weight excluding hydrogens is 668 g/mol. The molecule has 2 unspecified atom stereocenters. The van der Waals surface area contributed by atoms with Gasteiger partial charge in [0, 0.05) is 17.9 Å². The van der Waals surface area contributed by atoms with Gasteiger partial charge < -0.3 is 29.4 Å². The number of nitrogens with zero attached hydrogens (tertiary/aromatic N) is 9. The number of nitrogens with one attached hydrogen (secondary N) is 1. The number of aromatic amines is 1. The van der Waals surface area contributed by atoms with Gasteiger partial charge in [-0.05, 0) is 12.3 Å². The zero-order chi connectivity index (χ0) is 32.0. The Bertz CT molecular complexity index is 2140. The molecule has 9 atom stereocenters. The summed E-state index contributed by atoms with van der Waals surface area (Å²) in [7, 11) is -4.62. The summed E-state index contributed by atoms with van der Waals surface area (Å²) < 4.78 is 60.1. The molecule has 5 aromatic heterocycles. The number of hydrogen-bond donors (Lipinski definition) is 4. The topological polar surface area (TPSA) is 251 Å². The van der Waals surface area contributed by atoms with Gasteiger partial charge in [0.05, 0.1) is 32.5 Å². The molecular formula is C23H27N11O9P2S. The number of nitrogens with two attached hydrogens (primary N) is 1. The SMILES string of the molecule is C[C@@H]1[C@@H]2OP(=O)(S)OC[C@H]3C[C@@H](n4cnc5c(=O)n6cnnc6[nH]c54)[C@@H]3COP(=O)(O)OC[C@H]2O[C@H]1n1cnc2c(N)ncnc21. The molecule has 0 amide bonds. The molecule has 20 nitrogen and oxygen atoms in total. The van der Waals surface area contributed by atoms with E-state index in [0.29, 0.717) is 23.2 Å². The lowest BCUT2D eigenvalue weighted by Gasteiger charge is -2.45. The molecule has 1 aliphatic carbocycles. The van der Waals surface area contributed by atoms with Gasteiger partial charge in [0.1, 0.15) is 42.3 Å². The summed E-state index contributed by atoms with van der Waals surface area (Å²) in [4.78, 5) is 43.4. The minimum Gasteiger partial charge on any atom is -0.382 e. The van der Waals surface area contributed by atoms with Crippen LogP contribution in [-0.2, 0) is 32.0 Å². The van der Waals surface area contributed by atoms with Crippen molar-refractivity contribution in [2.45, 2.75) is 37.8 Å². The van der Waals surface area contributed by atoms with Crippen LogP contribution >= 0.6 is 26.9 Å². The van der Waals surface area contributed by atoms with Gasteiger partial charge in [-0.15, -0.1) is 10.2 Å². The number of imidazole rings is 2. The summed E-state index contributed by atoms with van der Waals surface area (Å²) >= 11 is 4.26. The van der Waals surface area contributed by atoms with E-state index in [4.69, 9.17) is 28.6 Å². The largest absolute Gasteiger partial charge is 0.472 e. The Kier molecular flexibility index (Phi) is 7.13. The number of hydrogen-bond acceptors (Lipinski definition) is 15. The van der Waals surface area contributed by atoms with Crippen molar-refractivity contribution in [3.05, 3.63) is 35.7 Å². The monoisotopic (exact) mass is 695 g/mol. The molecule has 2 saturated heterocycles. The Morgan fingerprint density at radius 1 is 1.04 bits per heavy atom. The van der Waals surface area contributed by atoms with E-state index in [0.717, 1.165) is 0 Å². The maximum absolute atomic E-state index is 13.6. The van der Waals surface area contributed by atoms with Crippen molar-refractivity contribution in [2.75, 3.05) is 25.6 Å². The number of H-pyrrole nitrogens is 1. The second kappa shape index (κ2) is 10.9. The highest BCUT2D eigenvalue weighted by atomic mass is 32.7. The van der Waals surface area contributed by atoms with Gasteiger partial charge in [-0.25, -0.2) is 33.5 Å². The Balaban J connectivity index is 1.06. The lowest BCUT2D eigenvalue weighted by atomic mass is 9.70. The molecule has 8 rings (SSSR count). The number of fused-ring (bicyclic) bond motifs is 5. The normalized spacial score (nSPS) is 35.7. The fourth-order valence-electron chi connectivity index (χ4n) is 6.43. The molecule has 0 aromatic carbocycles. The third-order valence-corrected chi connectivity index (χ3v) is 11.4. The van der Waals surface area contributed by atoms with Crippen LogP contribution < -0.4 is 11.3 Å². The predicted molar refractivity (Wildman–Crippen MR) is 159 cm³/mol. The van der Waals surface area contributed by atoms with Gasteiger partial charge in [-0.2, -0.15) is 0 Å². The van der Waals surface area contributed by atoms with Crippen molar-refractivity contribution < 1.29 is 36.9 Å². The molecule has 23 heteroatoms. The van der Waals surface area contributed by atoms with E-state index in [1.807, 2.05) is 0 Å². The zero-order valence-corrected chi connectivity index (χ0v) is 26.5. The number of phosphoric acid groups is 1. The summed E-state index contributed by atoms with van der Waals surface area (Å²) in [5.41, 5.74) is 6.87. The molecule has 2 aliphatic heterocycles. The molecule has 3 fully saturated rings. The fraction of sp³-hybridized carbons (Fsp3) is 0.522. The standard InChI is InChI=1S/C23H27N11O9P2S/c1-10-17-14(42-22(10)33-8-27-15-18(24)25-6-26-19(15)33)5-40-44(36,37)39-4-12-11(3-41-45(38,46)43-17)2-13(12)32-7-28-16-20(32)30-23-31-29-9-34(23)21(16)35/h6-14,17,22H,2-5H2,1H3,(H,30,31)(H,36,37)(H,38,46)(H2,24,25,26)/t10-,11-,12-,13-,14-,17+,22-,45?/m1/s1. The molecule has 7 heterocycles. The van der Waals surface area contributed by atoms with Crippen LogP contribution in [0.1, 0.15) is 25.6 Å². The van der Waals surface area contributed by atoms with Crippen LogP contribution in [0.2, 0.25) is 0 Å². The van der Waals surface area contributed by atoms with Crippen LogP contribution in [-0.4, -0.2) is 85.6 Å². The molecule has 244 valence electrons. The molecule has 1 saturated carbocycles. The number of nitrogen functional groups attached to an aromatic ring is 1. The predicted octanol–water partition coefficient (Wildman–Crippen LogP) is 1.49. The Hall–Kier alpha value is -3.26. The summed E-state index contributed by atoms with van der Waals surface area (Å²) in [6, 6.07) is -0.337. The minimum absolute atomic E-state index is 0.0577. The zero-order valence-electron chi connectivity index (χ0n) is 23.8. The van der Waals surface area contributed by atoms with E-state index >= 15 is 0 Å². The summed E-state index contributed by atoms with van der Waals surface area (Å²) in [5.74, 6) is -0.823. The number of thiol groups is 1. The Labute approximate surface area is 262 Å². The average molecular weight is 696 g/mol. The van der Waals surface area contributed by atoms with Crippen LogP contribution in [0.25, 0.3) is 28.1 Å². The van der Waals surface area contributed by atoms with Crippen molar-refractivity contribution in [1.82, 2.24) is 48.7 Å². The van der Waals surface area contributed by atoms with Crippen molar-refractivity contribution in [3.63, 3.8) is 0 Å². The highest BCUT2D eigenvalue weighted by molar-refractivity contribution is 8.44. The van der Waals surface area contributed by atoms with Gasteiger partial charge in [0.25, 0.3) is 5.56 Å². The second-order valence-corrected chi connectivity index (χ2v) is 15.8. The Morgan fingerprint density at radius 2 is 1.83 bits per heavy atom. The second-order valence-electron chi connectivity index (χ2n) is 11.4. The lowest BCUT2D eigenvalue weighted by molar-refractivity contribution is -0.0437. The highest BCUT2D eigenvalue weighted by Gasteiger charge is 2.50. The molecule has 5 aromatic rings. The number of ether oxygens (including phenoxy) is 1. The van der Waals surface area contributed by atoms with Gasteiger partial charge in [0.2, 0.25) is 5.78 Å². The van der Waals surface area contributed by atoms with Gasteiger partial charge in [-0.3, -0.25) is 22.9 Å². The van der Waals surface area contributed by atoms with Gasteiger partial charge in [0.15, 0.2) is 17.0 Å². The molecule has 4 N–H and O–H groups in total. The van der Waals surface area contributed by atoms with Gasteiger partial charge in [-0.1, -0.05) is 19.2 Å². The number of anilines is 1. The van der Waals surface area contributed by atoms with Crippen LogP contribution in [0.5, 0.6) is 0 Å². The van der Waals surface area contributed by atoms with Crippen LogP contribution in [0.4, 0.5) is 5.82 Å². The first kappa shape index (κ1) is 30.1.